The van der Waals surface area contributed by atoms with Gasteiger partial charge >= 0.3 is 0 Å². The van der Waals surface area contributed by atoms with Crippen LogP contribution in [0, 0.1) is 5.41 Å². The van der Waals surface area contributed by atoms with Crippen molar-refractivity contribution < 1.29 is 18.9 Å². The zero-order valence-electron chi connectivity index (χ0n) is 15.6. The fourth-order valence-electron chi connectivity index (χ4n) is 3.30. The monoisotopic (exact) mass is 330 g/mol. The van der Waals surface area contributed by atoms with E-state index in [2.05, 4.69) is 6.92 Å². The third kappa shape index (κ3) is 10.3. The molecule has 0 spiro atoms. The molecule has 1 aliphatic rings. The van der Waals surface area contributed by atoms with Crippen LogP contribution >= 0.6 is 0 Å². The van der Waals surface area contributed by atoms with Crippen molar-refractivity contribution in [3.05, 3.63) is 0 Å². The lowest BCUT2D eigenvalue weighted by atomic mass is 9.86. The van der Waals surface area contributed by atoms with Crippen molar-refractivity contribution in [3.63, 3.8) is 0 Å². The summed E-state index contributed by atoms with van der Waals surface area (Å²) in [6.07, 6.45) is 12.4. The van der Waals surface area contributed by atoms with Crippen LogP contribution in [0.2, 0.25) is 0 Å². The van der Waals surface area contributed by atoms with Crippen LogP contribution in [-0.4, -0.2) is 46.9 Å². The Morgan fingerprint density at radius 2 is 1.57 bits per heavy atom. The van der Waals surface area contributed by atoms with Gasteiger partial charge in [0.05, 0.1) is 13.2 Å². The zero-order chi connectivity index (χ0) is 16.8. The highest BCUT2D eigenvalue weighted by Crippen LogP contribution is 2.25. The molecule has 1 aliphatic heterocycles. The van der Waals surface area contributed by atoms with Gasteiger partial charge in [-0.15, -0.1) is 0 Å². The molecule has 0 aliphatic carbocycles. The van der Waals surface area contributed by atoms with E-state index in [1.54, 1.807) is 14.2 Å². The van der Waals surface area contributed by atoms with Gasteiger partial charge in [-0.05, 0) is 32.1 Å². The van der Waals surface area contributed by atoms with E-state index in [0.717, 1.165) is 39.3 Å². The molecule has 0 amide bonds. The molecule has 1 rings (SSSR count). The summed E-state index contributed by atoms with van der Waals surface area (Å²) >= 11 is 0. The Balaban J connectivity index is 1.90. The number of ether oxygens (including phenoxy) is 4. The molecule has 1 unspecified atom stereocenters. The van der Waals surface area contributed by atoms with E-state index in [4.69, 9.17) is 18.9 Å². The molecule has 0 N–H and O–H groups in total. The highest BCUT2D eigenvalue weighted by Gasteiger charge is 2.23. The third-order valence-electron chi connectivity index (χ3n) is 4.60. The standard InChI is InChI=1S/C19H38O4/c1-19(16-20-2,17-21-3)13-9-6-4-5-7-10-14-22-18-12-8-11-15-23-18/h18H,4-17H2,1-3H3. The molecule has 0 aromatic carbocycles. The zero-order valence-corrected chi connectivity index (χ0v) is 15.6. The molecule has 1 heterocycles. The van der Waals surface area contributed by atoms with Crippen LogP contribution < -0.4 is 0 Å². The minimum absolute atomic E-state index is 0.0722. The average Bonchev–Trinajstić information content (AvgIpc) is 2.55. The van der Waals surface area contributed by atoms with Crippen molar-refractivity contribution >= 4 is 0 Å². The van der Waals surface area contributed by atoms with Gasteiger partial charge in [0, 0.05) is 32.8 Å². The van der Waals surface area contributed by atoms with Crippen molar-refractivity contribution in [2.45, 2.75) is 77.4 Å². The lowest BCUT2D eigenvalue weighted by molar-refractivity contribution is -0.162. The van der Waals surface area contributed by atoms with E-state index in [9.17, 15) is 0 Å². The highest BCUT2D eigenvalue weighted by atomic mass is 16.7. The Labute approximate surface area is 143 Å². The maximum absolute atomic E-state index is 5.76. The van der Waals surface area contributed by atoms with Crippen molar-refractivity contribution in [2.24, 2.45) is 5.41 Å². The van der Waals surface area contributed by atoms with Crippen LogP contribution in [0.3, 0.4) is 0 Å². The van der Waals surface area contributed by atoms with Crippen molar-refractivity contribution in [3.8, 4) is 0 Å². The number of hydrogen-bond acceptors (Lipinski definition) is 4. The lowest BCUT2D eigenvalue weighted by Gasteiger charge is -2.27. The summed E-state index contributed by atoms with van der Waals surface area (Å²) < 4.78 is 22.0. The van der Waals surface area contributed by atoms with E-state index >= 15 is 0 Å². The average molecular weight is 331 g/mol. The second-order valence-corrected chi connectivity index (χ2v) is 7.21. The van der Waals surface area contributed by atoms with Crippen LogP contribution in [0.5, 0.6) is 0 Å². The minimum atomic E-state index is 0.0722. The minimum Gasteiger partial charge on any atom is -0.384 e. The molecule has 1 atom stereocenters. The predicted octanol–water partition coefficient (Wildman–Crippen LogP) is 4.56. The molecule has 138 valence electrons. The van der Waals surface area contributed by atoms with Crippen LogP contribution in [-0.2, 0) is 18.9 Å². The molecule has 0 radical (unpaired) electrons. The van der Waals surface area contributed by atoms with Gasteiger partial charge < -0.3 is 18.9 Å². The van der Waals surface area contributed by atoms with Gasteiger partial charge in [-0.1, -0.05) is 39.0 Å². The fraction of sp³-hybridized carbons (Fsp3) is 1.00. The predicted molar refractivity (Wildman–Crippen MR) is 93.7 cm³/mol. The number of rotatable bonds is 14. The molecule has 4 nitrogen and oxygen atoms in total. The van der Waals surface area contributed by atoms with Crippen LogP contribution in [0.15, 0.2) is 0 Å². The first kappa shape index (κ1) is 20.9. The van der Waals surface area contributed by atoms with E-state index in [0.29, 0.717) is 0 Å². The second-order valence-electron chi connectivity index (χ2n) is 7.21. The van der Waals surface area contributed by atoms with Crippen molar-refractivity contribution in [1.82, 2.24) is 0 Å². The molecule has 0 aromatic rings. The molecular weight excluding hydrogens is 292 g/mol. The fourth-order valence-corrected chi connectivity index (χ4v) is 3.30. The molecule has 0 aromatic heterocycles. The first-order valence-electron chi connectivity index (χ1n) is 9.41. The van der Waals surface area contributed by atoms with Gasteiger partial charge in [0.25, 0.3) is 0 Å². The van der Waals surface area contributed by atoms with E-state index in [-0.39, 0.29) is 11.7 Å². The number of methoxy groups -OCH3 is 2. The van der Waals surface area contributed by atoms with Gasteiger partial charge in [-0.3, -0.25) is 0 Å². The van der Waals surface area contributed by atoms with Gasteiger partial charge in [-0.2, -0.15) is 0 Å². The normalized spacial score (nSPS) is 19.2. The molecule has 1 saturated heterocycles. The molecule has 23 heavy (non-hydrogen) atoms. The molecule has 0 bridgehead atoms. The summed E-state index contributed by atoms with van der Waals surface area (Å²) in [5.74, 6) is 0. The maximum atomic E-state index is 5.76. The van der Waals surface area contributed by atoms with Gasteiger partial charge in [-0.25, -0.2) is 0 Å². The molecular formula is C19H38O4. The summed E-state index contributed by atoms with van der Waals surface area (Å²) in [7, 11) is 3.54. The Morgan fingerprint density at radius 1 is 0.913 bits per heavy atom. The van der Waals surface area contributed by atoms with Gasteiger partial charge in [0.15, 0.2) is 6.29 Å². The van der Waals surface area contributed by atoms with E-state index < -0.39 is 0 Å². The molecule has 1 fully saturated rings. The van der Waals surface area contributed by atoms with Crippen molar-refractivity contribution in [2.75, 3.05) is 40.6 Å². The maximum Gasteiger partial charge on any atom is 0.157 e. The SMILES string of the molecule is COCC(C)(CCCCCCCCOC1CCCCO1)COC. The quantitative estimate of drug-likeness (QED) is 0.438. The summed E-state index contributed by atoms with van der Waals surface area (Å²) in [5, 5.41) is 0. The summed E-state index contributed by atoms with van der Waals surface area (Å²) in [5.41, 5.74) is 0.164. The van der Waals surface area contributed by atoms with Crippen molar-refractivity contribution in [1.29, 1.82) is 0 Å². The first-order valence-corrected chi connectivity index (χ1v) is 9.41. The van der Waals surface area contributed by atoms with E-state index in [1.165, 1.54) is 51.4 Å². The van der Waals surface area contributed by atoms with Gasteiger partial charge in [0.2, 0.25) is 0 Å². The summed E-state index contributed by atoms with van der Waals surface area (Å²) in [6.45, 7) is 5.54. The topological polar surface area (TPSA) is 36.9 Å². The summed E-state index contributed by atoms with van der Waals surface area (Å²) in [6, 6.07) is 0. The van der Waals surface area contributed by atoms with Crippen LogP contribution in [0.4, 0.5) is 0 Å². The summed E-state index contributed by atoms with van der Waals surface area (Å²) in [4.78, 5) is 0. The van der Waals surface area contributed by atoms with E-state index in [1.807, 2.05) is 0 Å². The second kappa shape index (κ2) is 13.2. The Kier molecular flexibility index (Phi) is 12.0. The smallest absolute Gasteiger partial charge is 0.157 e. The lowest BCUT2D eigenvalue weighted by Crippen LogP contribution is -2.28. The number of unbranched alkanes of at least 4 members (excludes halogenated alkanes) is 5. The Morgan fingerprint density at radius 3 is 2.17 bits per heavy atom. The first-order chi connectivity index (χ1) is 11.2. The third-order valence-corrected chi connectivity index (χ3v) is 4.60. The molecule has 4 heteroatoms. The van der Waals surface area contributed by atoms with Crippen LogP contribution in [0.25, 0.3) is 0 Å². The molecule has 0 saturated carbocycles. The Bertz CT molecular complexity index is 258. The van der Waals surface area contributed by atoms with Gasteiger partial charge in [0.1, 0.15) is 0 Å². The Hall–Kier alpha value is -0.160. The number of hydrogen-bond donors (Lipinski definition) is 0. The van der Waals surface area contributed by atoms with Crippen LogP contribution in [0.1, 0.15) is 71.1 Å². The highest BCUT2D eigenvalue weighted by molar-refractivity contribution is 4.73. The largest absolute Gasteiger partial charge is 0.384 e.